The van der Waals surface area contributed by atoms with Crippen LogP contribution in [0.2, 0.25) is 0 Å². The van der Waals surface area contributed by atoms with Crippen molar-refractivity contribution in [3.05, 3.63) is 24.3 Å². The maximum absolute atomic E-state index is 11.0. The molecule has 1 saturated heterocycles. The van der Waals surface area contributed by atoms with Crippen LogP contribution < -0.4 is 0 Å². The Hall–Kier alpha value is -1.13. The highest BCUT2D eigenvalue weighted by Crippen LogP contribution is 2.38. The minimum Gasteiger partial charge on any atom is -0.481 e. The molecule has 0 saturated carbocycles. The van der Waals surface area contributed by atoms with Crippen molar-refractivity contribution in [2.24, 2.45) is 11.8 Å². The second-order valence-corrected chi connectivity index (χ2v) is 6.75. The fourth-order valence-corrected chi connectivity index (χ4v) is 3.21. The van der Waals surface area contributed by atoms with E-state index in [1.54, 1.807) is 0 Å². The number of rotatable bonds is 10. The summed E-state index contributed by atoms with van der Waals surface area (Å²) in [5, 5.41) is 9.01. The third-order valence-electron chi connectivity index (χ3n) is 5.00. The molecule has 0 aliphatic carbocycles. The smallest absolute Gasteiger partial charge is 0.306 e. The Morgan fingerprint density at radius 1 is 1.29 bits per heavy atom. The molecule has 0 bridgehead atoms. The molecule has 1 N–H and O–H groups in total. The Labute approximate surface area is 146 Å². The molecular formula is C20H34O4. The zero-order valence-electron chi connectivity index (χ0n) is 15.7. The van der Waals surface area contributed by atoms with E-state index < -0.39 is 11.6 Å². The van der Waals surface area contributed by atoms with Gasteiger partial charge >= 0.3 is 5.97 Å². The molecule has 4 heteroatoms. The molecule has 138 valence electrons. The van der Waals surface area contributed by atoms with Gasteiger partial charge in [-0.3, -0.25) is 4.79 Å². The number of carbonyl (C=O) groups is 1. The summed E-state index contributed by atoms with van der Waals surface area (Å²) in [4.78, 5) is 22.2. The summed E-state index contributed by atoms with van der Waals surface area (Å²) in [5.74, 6) is -0.0714. The minimum atomic E-state index is -0.838. The van der Waals surface area contributed by atoms with Gasteiger partial charge in [0.05, 0.1) is 6.42 Å². The van der Waals surface area contributed by atoms with Crippen molar-refractivity contribution >= 4 is 5.97 Å². The van der Waals surface area contributed by atoms with Crippen molar-refractivity contribution in [2.45, 2.75) is 84.3 Å². The van der Waals surface area contributed by atoms with E-state index in [9.17, 15) is 4.79 Å². The number of hydrogen-bond donors (Lipinski definition) is 1. The molecule has 1 unspecified atom stereocenters. The number of carboxylic acid groups (broad SMARTS) is 1. The van der Waals surface area contributed by atoms with Crippen LogP contribution in [0.5, 0.6) is 0 Å². The van der Waals surface area contributed by atoms with Gasteiger partial charge in [-0.1, -0.05) is 58.4 Å². The van der Waals surface area contributed by atoms with E-state index in [2.05, 4.69) is 52.0 Å². The quantitative estimate of drug-likeness (QED) is 0.434. The van der Waals surface area contributed by atoms with Crippen molar-refractivity contribution in [2.75, 3.05) is 0 Å². The Kier molecular flexibility index (Phi) is 9.30. The monoisotopic (exact) mass is 338 g/mol. The van der Waals surface area contributed by atoms with Crippen LogP contribution in [0.15, 0.2) is 24.3 Å². The highest BCUT2D eigenvalue weighted by atomic mass is 17.2. The molecule has 4 atom stereocenters. The molecule has 1 rings (SSSR count). The summed E-state index contributed by atoms with van der Waals surface area (Å²) in [5.41, 5.74) is -0.428. The molecule has 0 aromatic heterocycles. The van der Waals surface area contributed by atoms with E-state index in [0.717, 1.165) is 38.5 Å². The molecule has 24 heavy (non-hydrogen) atoms. The molecular weight excluding hydrogens is 304 g/mol. The molecule has 1 aliphatic heterocycles. The Balaban J connectivity index is 2.71. The van der Waals surface area contributed by atoms with Gasteiger partial charge in [0, 0.05) is 0 Å². The third-order valence-corrected chi connectivity index (χ3v) is 5.00. The number of carboxylic acids is 1. The van der Waals surface area contributed by atoms with Crippen molar-refractivity contribution in [3.63, 3.8) is 0 Å². The third kappa shape index (κ3) is 6.40. The summed E-state index contributed by atoms with van der Waals surface area (Å²) in [6.07, 6.45) is 14.2. The lowest BCUT2D eigenvalue weighted by molar-refractivity contribution is -0.409. The van der Waals surface area contributed by atoms with Gasteiger partial charge in [0.1, 0.15) is 11.7 Å². The second-order valence-electron chi connectivity index (χ2n) is 6.75. The lowest BCUT2D eigenvalue weighted by Gasteiger charge is -2.40. The predicted octanol–water partition coefficient (Wildman–Crippen LogP) is 5.30. The first kappa shape index (κ1) is 20.9. The molecule has 0 aromatic carbocycles. The van der Waals surface area contributed by atoms with Crippen molar-refractivity contribution in [1.82, 2.24) is 0 Å². The molecule has 1 heterocycles. The van der Waals surface area contributed by atoms with E-state index in [0.29, 0.717) is 5.92 Å². The van der Waals surface area contributed by atoms with Gasteiger partial charge in [-0.05, 0) is 43.9 Å². The van der Waals surface area contributed by atoms with Gasteiger partial charge in [0.25, 0.3) is 0 Å². The van der Waals surface area contributed by atoms with Crippen molar-refractivity contribution in [3.8, 4) is 0 Å². The number of hydrogen-bond acceptors (Lipinski definition) is 3. The average Bonchev–Trinajstić information content (AvgIpc) is 2.58. The highest BCUT2D eigenvalue weighted by molar-refractivity contribution is 5.67. The van der Waals surface area contributed by atoms with Crippen LogP contribution in [0.25, 0.3) is 0 Å². The fourth-order valence-electron chi connectivity index (χ4n) is 3.21. The first-order valence-electron chi connectivity index (χ1n) is 9.40. The summed E-state index contributed by atoms with van der Waals surface area (Å²) in [7, 11) is 0. The Bertz CT molecular complexity index is 429. The molecule has 1 aliphatic rings. The Morgan fingerprint density at radius 3 is 2.58 bits per heavy atom. The lowest BCUT2D eigenvalue weighted by atomic mass is 9.81. The first-order chi connectivity index (χ1) is 11.5. The average molecular weight is 338 g/mol. The van der Waals surface area contributed by atoms with Gasteiger partial charge in [-0.25, -0.2) is 9.78 Å². The van der Waals surface area contributed by atoms with Crippen LogP contribution in [0, 0.1) is 11.8 Å². The maximum Gasteiger partial charge on any atom is 0.306 e. The second kappa shape index (κ2) is 10.7. The standard InChI is InChI=1S/C20H34O4/c1-5-9-11-16(6-2)12-10-13-20(8-4)15-17(7-3)18(23-24-20)14-19(21)22/h9-11,13,16-18H,5-8,12,14-15H2,1-4H3,(H,21,22)/b11-9+,13-10+/t16?,17-,18+,20-/m0/s1. The van der Waals surface area contributed by atoms with E-state index >= 15 is 0 Å². The molecule has 4 nitrogen and oxygen atoms in total. The van der Waals surface area contributed by atoms with Crippen LogP contribution in [0.1, 0.15) is 72.6 Å². The van der Waals surface area contributed by atoms with Crippen LogP contribution in [-0.2, 0) is 14.6 Å². The van der Waals surface area contributed by atoms with Crippen LogP contribution in [0.4, 0.5) is 0 Å². The molecule has 1 fully saturated rings. The fraction of sp³-hybridized carbons (Fsp3) is 0.750. The topological polar surface area (TPSA) is 55.8 Å². The zero-order chi connectivity index (χ0) is 18.0. The molecule has 0 aromatic rings. The highest BCUT2D eigenvalue weighted by Gasteiger charge is 2.41. The summed E-state index contributed by atoms with van der Waals surface area (Å²) in [6, 6.07) is 0. The Morgan fingerprint density at radius 2 is 2.04 bits per heavy atom. The largest absolute Gasteiger partial charge is 0.481 e. The maximum atomic E-state index is 11.0. The van der Waals surface area contributed by atoms with Crippen LogP contribution >= 0.6 is 0 Å². The predicted molar refractivity (Wildman–Crippen MR) is 96.6 cm³/mol. The molecule has 0 amide bonds. The first-order valence-corrected chi connectivity index (χ1v) is 9.40. The van der Waals surface area contributed by atoms with E-state index in [-0.39, 0.29) is 18.4 Å². The van der Waals surface area contributed by atoms with Crippen LogP contribution in [0.3, 0.4) is 0 Å². The summed E-state index contributed by atoms with van der Waals surface area (Å²) in [6.45, 7) is 8.53. The zero-order valence-corrected chi connectivity index (χ0v) is 15.7. The van der Waals surface area contributed by atoms with E-state index in [4.69, 9.17) is 14.9 Å². The summed E-state index contributed by atoms with van der Waals surface area (Å²) >= 11 is 0. The van der Waals surface area contributed by atoms with E-state index in [1.165, 1.54) is 0 Å². The van der Waals surface area contributed by atoms with Crippen molar-refractivity contribution < 1.29 is 19.7 Å². The normalized spacial score (nSPS) is 29.3. The minimum absolute atomic E-state index is 0.00172. The number of allylic oxidation sites excluding steroid dienone is 3. The molecule has 0 spiro atoms. The van der Waals surface area contributed by atoms with Gasteiger partial charge in [0.15, 0.2) is 0 Å². The van der Waals surface area contributed by atoms with Crippen molar-refractivity contribution in [1.29, 1.82) is 0 Å². The number of aliphatic carboxylic acids is 1. The SMILES string of the molecule is CC/C=C/C(CC)C/C=C/[C@@]1(CC)C[C@H](CC)[C@@H](CC(=O)O)OO1. The van der Waals surface area contributed by atoms with E-state index in [1.807, 2.05) is 0 Å². The lowest BCUT2D eigenvalue weighted by Crippen LogP contribution is -2.44. The van der Waals surface area contributed by atoms with Gasteiger partial charge in [0.2, 0.25) is 0 Å². The van der Waals surface area contributed by atoms with Gasteiger partial charge in [-0.2, -0.15) is 0 Å². The summed E-state index contributed by atoms with van der Waals surface area (Å²) < 4.78 is 0. The van der Waals surface area contributed by atoms with Gasteiger partial charge < -0.3 is 5.11 Å². The van der Waals surface area contributed by atoms with Gasteiger partial charge in [-0.15, -0.1) is 0 Å². The van der Waals surface area contributed by atoms with Crippen LogP contribution in [-0.4, -0.2) is 22.8 Å². The molecule has 0 radical (unpaired) electrons.